The third-order valence-electron chi connectivity index (χ3n) is 8.14. The van der Waals surface area contributed by atoms with Gasteiger partial charge in [0.1, 0.15) is 11.9 Å². The number of carbonyl (C=O) groups is 1. The van der Waals surface area contributed by atoms with E-state index in [1.165, 1.54) is 22.3 Å². The van der Waals surface area contributed by atoms with E-state index in [1.807, 2.05) is 22.0 Å². The van der Waals surface area contributed by atoms with Gasteiger partial charge in [0.2, 0.25) is 0 Å². The van der Waals surface area contributed by atoms with Crippen LogP contribution in [0.4, 0.5) is 0 Å². The maximum atomic E-state index is 14.0. The Hall–Kier alpha value is -3.54. The van der Waals surface area contributed by atoms with Crippen molar-refractivity contribution in [1.29, 1.82) is 0 Å². The Morgan fingerprint density at radius 1 is 1.11 bits per heavy atom. The monoisotopic (exact) mass is 498 g/mol. The largest absolute Gasteiger partial charge is 0.374 e. The third-order valence-corrected chi connectivity index (χ3v) is 8.14. The van der Waals surface area contributed by atoms with Crippen molar-refractivity contribution in [3.05, 3.63) is 105 Å². The Labute approximate surface area is 220 Å². The van der Waals surface area contributed by atoms with E-state index in [9.17, 15) is 9.59 Å². The van der Waals surface area contributed by atoms with Crippen LogP contribution in [0.25, 0.3) is 0 Å². The standard InChI is InChI=1S/C31H38N4O2/c1-5-19-33-28(21-32(6-2)7-3)35(34-20-18-27(36)22(4)29(34)31(33)37)30-25-14-10-8-12-23(25)16-17-24-13-9-11-15-26(24)30/h6,8-10,12-14,18,20,28,30H,2,5,7,11,15-17,19,21H2,1,3-4H3. The van der Waals surface area contributed by atoms with Gasteiger partial charge in [-0.05, 0) is 74.4 Å². The molecule has 1 aromatic heterocycles. The van der Waals surface area contributed by atoms with Gasteiger partial charge in [0.05, 0.1) is 12.6 Å². The zero-order valence-electron chi connectivity index (χ0n) is 22.3. The van der Waals surface area contributed by atoms with E-state index in [4.69, 9.17) is 0 Å². The summed E-state index contributed by atoms with van der Waals surface area (Å²) in [6.45, 7) is 12.1. The van der Waals surface area contributed by atoms with Crippen LogP contribution in [0.1, 0.15) is 72.8 Å². The van der Waals surface area contributed by atoms with E-state index in [-0.39, 0.29) is 23.5 Å². The van der Waals surface area contributed by atoms with Crippen LogP contribution in [-0.4, -0.2) is 46.2 Å². The first-order chi connectivity index (χ1) is 18.0. The number of benzene rings is 1. The Balaban J connectivity index is 1.81. The van der Waals surface area contributed by atoms with Gasteiger partial charge in [0.15, 0.2) is 5.43 Å². The van der Waals surface area contributed by atoms with Crippen LogP contribution in [0, 0.1) is 6.92 Å². The zero-order chi connectivity index (χ0) is 26.1. The summed E-state index contributed by atoms with van der Waals surface area (Å²) >= 11 is 0. The zero-order valence-corrected chi connectivity index (χ0v) is 22.3. The van der Waals surface area contributed by atoms with Gasteiger partial charge in [0.25, 0.3) is 5.91 Å². The van der Waals surface area contributed by atoms with Gasteiger partial charge in [-0.1, -0.05) is 49.9 Å². The summed E-state index contributed by atoms with van der Waals surface area (Å²) in [4.78, 5) is 31.0. The fourth-order valence-corrected chi connectivity index (χ4v) is 6.22. The molecule has 0 radical (unpaired) electrons. The Kier molecular flexibility index (Phi) is 7.09. The van der Waals surface area contributed by atoms with E-state index in [1.54, 1.807) is 13.0 Å². The minimum absolute atomic E-state index is 0.0414. The molecule has 37 heavy (non-hydrogen) atoms. The van der Waals surface area contributed by atoms with Gasteiger partial charge < -0.3 is 9.80 Å². The van der Waals surface area contributed by atoms with Crippen molar-refractivity contribution in [1.82, 2.24) is 14.5 Å². The number of carbonyl (C=O) groups excluding carboxylic acids is 1. The minimum Gasteiger partial charge on any atom is -0.374 e. The number of likely N-dealkylation sites (N-methyl/N-ethyl adjacent to an activating group) is 1. The lowest BCUT2D eigenvalue weighted by molar-refractivity contribution is 0.0508. The summed E-state index contributed by atoms with van der Waals surface area (Å²) < 4.78 is 2.00. The Morgan fingerprint density at radius 3 is 2.68 bits per heavy atom. The minimum atomic E-state index is -0.226. The number of allylic oxidation sites excluding steroid dienone is 3. The van der Waals surface area contributed by atoms with Gasteiger partial charge in [-0.15, -0.1) is 0 Å². The molecular formula is C31H38N4O2. The lowest BCUT2D eigenvalue weighted by Crippen LogP contribution is -2.65. The number of aryl methyl sites for hydroxylation is 1. The maximum Gasteiger partial charge on any atom is 0.274 e. The summed E-state index contributed by atoms with van der Waals surface area (Å²) in [6, 6.07) is 10.3. The van der Waals surface area contributed by atoms with Crippen LogP contribution in [0.5, 0.6) is 0 Å². The molecule has 2 atom stereocenters. The number of hydrogen-bond acceptors (Lipinski definition) is 4. The predicted molar refractivity (Wildman–Crippen MR) is 149 cm³/mol. The molecule has 2 heterocycles. The molecular weight excluding hydrogens is 460 g/mol. The molecule has 2 unspecified atom stereocenters. The first-order valence-corrected chi connectivity index (χ1v) is 13.6. The summed E-state index contributed by atoms with van der Waals surface area (Å²) in [6.07, 6.45) is 12.9. The highest BCUT2D eigenvalue weighted by atomic mass is 16.2. The smallest absolute Gasteiger partial charge is 0.274 e. The lowest BCUT2D eigenvalue weighted by atomic mass is 9.87. The highest BCUT2D eigenvalue weighted by molar-refractivity contribution is 5.95. The van der Waals surface area contributed by atoms with E-state index in [0.717, 1.165) is 38.6 Å². The first kappa shape index (κ1) is 25.1. The van der Waals surface area contributed by atoms with Crippen molar-refractivity contribution in [2.45, 2.75) is 65.1 Å². The van der Waals surface area contributed by atoms with Gasteiger partial charge in [-0.2, -0.15) is 0 Å². The molecule has 6 heteroatoms. The molecule has 0 bridgehead atoms. The van der Waals surface area contributed by atoms with Crippen LogP contribution in [-0.2, 0) is 6.42 Å². The average molecular weight is 499 g/mol. The highest BCUT2D eigenvalue weighted by Gasteiger charge is 2.44. The van der Waals surface area contributed by atoms with E-state index < -0.39 is 0 Å². The number of amides is 1. The molecule has 0 spiro atoms. The van der Waals surface area contributed by atoms with Gasteiger partial charge in [-0.25, -0.2) is 0 Å². The first-order valence-electron chi connectivity index (χ1n) is 13.6. The topological polar surface area (TPSA) is 48.8 Å². The molecule has 1 aliphatic heterocycles. The fourth-order valence-electron chi connectivity index (χ4n) is 6.22. The predicted octanol–water partition coefficient (Wildman–Crippen LogP) is 5.09. The molecule has 0 saturated heterocycles. The van der Waals surface area contributed by atoms with Crippen LogP contribution in [0.15, 0.2) is 77.4 Å². The number of hydrogen-bond donors (Lipinski definition) is 0. The Morgan fingerprint density at radius 2 is 1.92 bits per heavy atom. The molecule has 6 nitrogen and oxygen atoms in total. The SMILES string of the molecule is C=CN(CC)CC1N(CCC)C(=O)c2c(C)c(=O)ccn2N1C1C2=C(C=CCC2)CCc2ccccc21. The molecule has 1 amide bonds. The molecule has 2 aromatic rings. The van der Waals surface area contributed by atoms with Crippen LogP contribution in [0.3, 0.4) is 0 Å². The molecule has 3 aliphatic rings. The van der Waals surface area contributed by atoms with E-state index >= 15 is 0 Å². The van der Waals surface area contributed by atoms with Crippen molar-refractivity contribution in [3.63, 3.8) is 0 Å². The summed E-state index contributed by atoms with van der Waals surface area (Å²) in [5.41, 5.74) is 6.36. The quantitative estimate of drug-likeness (QED) is 0.534. The summed E-state index contributed by atoms with van der Waals surface area (Å²) in [5, 5.41) is 2.39. The fraction of sp³-hybridized carbons (Fsp3) is 0.419. The van der Waals surface area contributed by atoms with E-state index in [2.05, 4.69) is 66.8 Å². The molecule has 1 aromatic carbocycles. The number of fused-ring (bicyclic) bond motifs is 2. The molecule has 2 aliphatic carbocycles. The second-order valence-corrected chi connectivity index (χ2v) is 10.2. The second-order valence-electron chi connectivity index (χ2n) is 10.2. The average Bonchev–Trinajstić information content (AvgIpc) is 3.08. The number of aromatic nitrogens is 1. The molecule has 194 valence electrons. The number of rotatable bonds is 7. The normalized spacial score (nSPS) is 20.8. The third kappa shape index (κ3) is 4.32. The number of nitrogens with zero attached hydrogens (tertiary/aromatic N) is 4. The van der Waals surface area contributed by atoms with Crippen molar-refractivity contribution in [3.8, 4) is 0 Å². The molecule has 0 N–H and O–H groups in total. The number of pyridine rings is 1. The molecule has 0 saturated carbocycles. The van der Waals surface area contributed by atoms with Crippen LogP contribution >= 0.6 is 0 Å². The van der Waals surface area contributed by atoms with Gasteiger partial charge >= 0.3 is 0 Å². The maximum absolute atomic E-state index is 14.0. The summed E-state index contributed by atoms with van der Waals surface area (Å²) in [7, 11) is 0. The van der Waals surface area contributed by atoms with Crippen LogP contribution < -0.4 is 10.4 Å². The van der Waals surface area contributed by atoms with Crippen molar-refractivity contribution >= 4 is 5.91 Å². The molecule has 0 fully saturated rings. The van der Waals surface area contributed by atoms with Gasteiger partial charge in [0, 0.05) is 30.9 Å². The van der Waals surface area contributed by atoms with E-state index in [0.29, 0.717) is 24.3 Å². The van der Waals surface area contributed by atoms with Gasteiger partial charge in [-0.3, -0.25) is 19.3 Å². The highest BCUT2D eigenvalue weighted by Crippen LogP contribution is 2.43. The van der Waals surface area contributed by atoms with Crippen LogP contribution in [0.2, 0.25) is 0 Å². The Bertz CT molecular complexity index is 1320. The second kappa shape index (κ2) is 10.4. The lowest BCUT2D eigenvalue weighted by Gasteiger charge is -2.52. The van der Waals surface area contributed by atoms with Crippen molar-refractivity contribution in [2.75, 3.05) is 24.6 Å². The van der Waals surface area contributed by atoms with Crippen molar-refractivity contribution in [2.24, 2.45) is 0 Å². The molecule has 5 rings (SSSR count). The summed E-state index contributed by atoms with van der Waals surface area (Å²) in [5.74, 6) is -0.0712. The van der Waals surface area contributed by atoms with Crippen molar-refractivity contribution < 1.29 is 4.79 Å².